The van der Waals surface area contributed by atoms with Gasteiger partial charge in [-0.3, -0.25) is 9.59 Å². The smallest absolute Gasteiger partial charge is 0.325 e. The number of esters is 2. The monoisotopic (exact) mass is 416 g/mol. The van der Waals surface area contributed by atoms with E-state index >= 15 is 0 Å². The third-order valence-corrected chi connectivity index (χ3v) is 4.68. The average molecular weight is 417 g/mol. The van der Waals surface area contributed by atoms with Crippen LogP contribution in [-0.2, 0) is 19.1 Å². The van der Waals surface area contributed by atoms with Gasteiger partial charge in [-0.2, -0.15) is 0 Å². The number of rotatable bonds is 6. The second-order valence-corrected chi connectivity index (χ2v) is 7.21. The summed E-state index contributed by atoms with van der Waals surface area (Å²) in [6.45, 7) is 7.69. The standard InChI is InChI=1S/C27H28O4/c1-5-30-25(28)27(26(29)31-6-2,19-7-9-23-15-11-21(3)12-16-23)20-8-10-24-17-13-22(4)14-18-24/h11-18H,5-6,19-20H2,1-4H3. The molecule has 0 heterocycles. The van der Waals surface area contributed by atoms with Crippen molar-refractivity contribution in [2.75, 3.05) is 13.2 Å². The van der Waals surface area contributed by atoms with Crippen molar-refractivity contribution in [3.05, 3.63) is 70.8 Å². The Balaban J connectivity index is 2.37. The lowest BCUT2D eigenvalue weighted by atomic mass is 9.81. The highest BCUT2D eigenvalue weighted by atomic mass is 16.6. The van der Waals surface area contributed by atoms with Crippen LogP contribution in [-0.4, -0.2) is 25.2 Å². The zero-order valence-electron chi connectivity index (χ0n) is 18.6. The Bertz CT molecular complexity index is 924. The second kappa shape index (κ2) is 11.6. The summed E-state index contributed by atoms with van der Waals surface area (Å²) in [6.07, 6.45) is -0.0811. The summed E-state index contributed by atoms with van der Waals surface area (Å²) in [5.74, 6) is 10.7. The molecule has 0 bridgehead atoms. The van der Waals surface area contributed by atoms with Gasteiger partial charge in [0, 0.05) is 24.0 Å². The molecule has 0 spiro atoms. The molecule has 0 amide bonds. The summed E-state index contributed by atoms with van der Waals surface area (Å²) in [4.78, 5) is 25.8. The molecule has 0 radical (unpaired) electrons. The lowest BCUT2D eigenvalue weighted by Crippen LogP contribution is -2.41. The van der Waals surface area contributed by atoms with Crippen LogP contribution in [0.15, 0.2) is 48.5 Å². The van der Waals surface area contributed by atoms with E-state index in [4.69, 9.17) is 9.47 Å². The molecule has 0 atom stereocenters. The molecule has 0 unspecified atom stereocenters. The average Bonchev–Trinajstić information content (AvgIpc) is 2.75. The van der Waals surface area contributed by atoms with Gasteiger partial charge in [0.1, 0.15) is 0 Å². The fraction of sp³-hybridized carbons (Fsp3) is 0.333. The molecule has 0 aliphatic rings. The van der Waals surface area contributed by atoms with Crippen LogP contribution in [0.4, 0.5) is 0 Å². The van der Waals surface area contributed by atoms with Crippen molar-refractivity contribution >= 4 is 11.9 Å². The van der Waals surface area contributed by atoms with E-state index in [1.807, 2.05) is 62.4 Å². The first-order valence-corrected chi connectivity index (χ1v) is 10.4. The van der Waals surface area contributed by atoms with E-state index in [1.165, 1.54) is 0 Å². The first-order chi connectivity index (χ1) is 14.9. The molecule has 0 saturated carbocycles. The molecule has 31 heavy (non-hydrogen) atoms. The quantitative estimate of drug-likeness (QED) is 0.392. The fourth-order valence-electron chi connectivity index (χ4n) is 2.84. The number of carbonyl (C=O) groups is 2. The van der Waals surface area contributed by atoms with Crippen molar-refractivity contribution < 1.29 is 19.1 Å². The maximum Gasteiger partial charge on any atom is 0.325 e. The number of benzene rings is 2. The van der Waals surface area contributed by atoms with Crippen molar-refractivity contribution in [2.24, 2.45) is 5.41 Å². The number of carbonyl (C=O) groups excluding carboxylic acids is 2. The lowest BCUT2D eigenvalue weighted by Gasteiger charge is -2.25. The Kier molecular flexibility index (Phi) is 8.92. The van der Waals surface area contributed by atoms with Crippen molar-refractivity contribution in [3.63, 3.8) is 0 Å². The minimum Gasteiger partial charge on any atom is -0.465 e. The van der Waals surface area contributed by atoms with Crippen LogP contribution in [0.5, 0.6) is 0 Å². The van der Waals surface area contributed by atoms with Crippen molar-refractivity contribution in [1.82, 2.24) is 0 Å². The maximum absolute atomic E-state index is 12.9. The second-order valence-electron chi connectivity index (χ2n) is 7.21. The Morgan fingerprint density at radius 2 is 1.06 bits per heavy atom. The largest absolute Gasteiger partial charge is 0.465 e. The number of aryl methyl sites for hydroxylation is 2. The summed E-state index contributed by atoms with van der Waals surface area (Å²) in [5.41, 5.74) is 2.27. The normalized spacial score (nSPS) is 10.2. The first-order valence-electron chi connectivity index (χ1n) is 10.4. The summed E-state index contributed by atoms with van der Waals surface area (Å²) in [5, 5.41) is 0. The molecule has 0 fully saturated rings. The summed E-state index contributed by atoms with van der Waals surface area (Å²) in [6, 6.07) is 15.4. The number of ether oxygens (including phenoxy) is 2. The lowest BCUT2D eigenvalue weighted by molar-refractivity contribution is -0.171. The van der Waals surface area contributed by atoms with Gasteiger partial charge in [-0.05, 0) is 52.0 Å². The van der Waals surface area contributed by atoms with Crippen molar-refractivity contribution in [2.45, 2.75) is 40.5 Å². The molecule has 0 aliphatic heterocycles. The van der Waals surface area contributed by atoms with E-state index in [2.05, 4.69) is 23.7 Å². The molecule has 2 aromatic rings. The van der Waals surface area contributed by atoms with Gasteiger partial charge >= 0.3 is 11.9 Å². The van der Waals surface area contributed by atoms with Crippen LogP contribution in [0.1, 0.15) is 48.9 Å². The summed E-state index contributed by atoms with van der Waals surface area (Å²) < 4.78 is 10.5. The van der Waals surface area contributed by atoms with Crippen LogP contribution < -0.4 is 0 Å². The highest BCUT2D eigenvalue weighted by Gasteiger charge is 2.48. The van der Waals surface area contributed by atoms with Crippen molar-refractivity contribution in [1.29, 1.82) is 0 Å². The molecule has 4 heteroatoms. The van der Waals surface area contributed by atoms with E-state index in [0.717, 1.165) is 22.3 Å². The van der Waals surface area contributed by atoms with Gasteiger partial charge in [0.05, 0.1) is 13.2 Å². The molecule has 0 aliphatic carbocycles. The summed E-state index contributed by atoms with van der Waals surface area (Å²) >= 11 is 0. The van der Waals surface area contributed by atoms with Crippen LogP contribution in [0, 0.1) is 42.9 Å². The van der Waals surface area contributed by atoms with Gasteiger partial charge in [-0.1, -0.05) is 59.1 Å². The van der Waals surface area contributed by atoms with Crippen LogP contribution in [0.3, 0.4) is 0 Å². The van der Waals surface area contributed by atoms with Crippen LogP contribution in [0.2, 0.25) is 0 Å². The zero-order valence-corrected chi connectivity index (χ0v) is 18.6. The predicted octanol–water partition coefficient (Wildman–Crippen LogP) is 4.60. The third-order valence-electron chi connectivity index (χ3n) is 4.68. The highest BCUT2D eigenvalue weighted by molar-refractivity contribution is 6.00. The Labute approximate surface area is 185 Å². The number of hydrogen-bond acceptors (Lipinski definition) is 4. The molecular formula is C27H28O4. The highest BCUT2D eigenvalue weighted by Crippen LogP contribution is 2.30. The molecule has 0 aromatic heterocycles. The van der Waals surface area contributed by atoms with Gasteiger partial charge < -0.3 is 9.47 Å². The minimum atomic E-state index is -1.60. The first kappa shape index (κ1) is 23.8. The van der Waals surface area contributed by atoms with Gasteiger partial charge in [-0.15, -0.1) is 0 Å². The SMILES string of the molecule is CCOC(=O)C(CC#Cc1ccc(C)cc1)(CC#Cc1ccc(C)cc1)C(=O)OCC. The molecule has 4 nitrogen and oxygen atoms in total. The molecular weight excluding hydrogens is 388 g/mol. The number of hydrogen-bond donors (Lipinski definition) is 0. The minimum absolute atomic E-state index is 0.0406. The van der Waals surface area contributed by atoms with E-state index in [0.29, 0.717) is 0 Å². The molecule has 160 valence electrons. The van der Waals surface area contributed by atoms with E-state index in [9.17, 15) is 9.59 Å². The molecule has 2 rings (SSSR count). The van der Waals surface area contributed by atoms with Gasteiger partial charge in [-0.25, -0.2) is 0 Å². The van der Waals surface area contributed by atoms with Gasteiger partial charge in [0.2, 0.25) is 0 Å². The van der Waals surface area contributed by atoms with E-state index < -0.39 is 17.4 Å². The summed E-state index contributed by atoms with van der Waals surface area (Å²) in [7, 11) is 0. The zero-order chi connectivity index (χ0) is 22.7. The Morgan fingerprint density at radius 1 is 0.710 bits per heavy atom. The Morgan fingerprint density at radius 3 is 1.39 bits per heavy atom. The fourth-order valence-corrected chi connectivity index (χ4v) is 2.84. The molecule has 0 N–H and O–H groups in total. The topological polar surface area (TPSA) is 52.6 Å². The van der Waals surface area contributed by atoms with E-state index in [1.54, 1.807) is 13.8 Å². The maximum atomic E-state index is 12.9. The van der Waals surface area contributed by atoms with E-state index in [-0.39, 0.29) is 26.1 Å². The van der Waals surface area contributed by atoms with Gasteiger partial charge in [0.25, 0.3) is 0 Å². The third kappa shape index (κ3) is 6.76. The van der Waals surface area contributed by atoms with Gasteiger partial charge in [0.15, 0.2) is 5.41 Å². The van der Waals surface area contributed by atoms with Crippen LogP contribution >= 0.6 is 0 Å². The van der Waals surface area contributed by atoms with Crippen LogP contribution in [0.25, 0.3) is 0 Å². The van der Waals surface area contributed by atoms with Crippen molar-refractivity contribution in [3.8, 4) is 23.7 Å². The molecule has 0 saturated heterocycles. The predicted molar refractivity (Wildman–Crippen MR) is 121 cm³/mol. The Hall–Kier alpha value is -3.50. The molecule has 2 aromatic carbocycles.